The topological polar surface area (TPSA) is 53.0 Å². The summed E-state index contributed by atoms with van der Waals surface area (Å²) in [5.41, 5.74) is 4.26. The number of nitrogens with zero attached hydrogens (tertiary/aromatic N) is 2. The lowest BCUT2D eigenvalue weighted by atomic mass is 9.91. The zero-order valence-electron chi connectivity index (χ0n) is 16.9. The number of hydrogen-bond donors (Lipinski definition) is 1. The molecule has 1 aliphatic heterocycles. The van der Waals surface area contributed by atoms with Crippen LogP contribution in [0.4, 0.5) is 0 Å². The number of likely N-dealkylation sites (N-methyl/N-ethyl adjacent to an activating group) is 1. The largest absolute Gasteiger partial charge is 0.480 e. The van der Waals surface area contributed by atoms with Gasteiger partial charge in [0.05, 0.1) is 6.61 Å². The summed E-state index contributed by atoms with van der Waals surface area (Å²) in [5.74, 6) is -0.216. The van der Waals surface area contributed by atoms with E-state index in [1.54, 1.807) is 7.11 Å². The molecule has 0 aromatic heterocycles. The molecular formula is C21H34N2O3. The van der Waals surface area contributed by atoms with Crippen molar-refractivity contribution in [2.75, 3.05) is 46.9 Å². The number of carbonyl (C=O) groups is 1. The second-order valence-electron chi connectivity index (χ2n) is 7.77. The maximum Gasteiger partial charge on any atom is 0.325 e. The Bertz CT molecular complexity index is 586. The summed E-state index contributed by atoms with van der Waals surface area (Å²) in [6.07, 6.45) is 2.23. The van der Waals surface area contributed by atoms with Crippen LogP contribution in [0.25, 0.3) is 0 Å². The second kappa shape index (κ2) is 9.49. The number of aliphatic carboxylic acids is 1. The van der Waals surface area contributed by atoms with Gasteiger partial charge < -0.3 is 14.7 Å². The van der Waals surface area contributed by atoms with Gasteiger partial charge in [0, 0.05) is 20.2 Å². The number of carboxylic acids is 1. The Morgan fingerprint density at radius 1 is 1.27 bits per heavy atom. The number of hydrogen-bond acceptors (Lipinski definition) is 4. The molecule has 5 heteroatoms. The highest BCUT2D eigenvalue weighted by atomic mass is 16.5. The van der Waals surface area contributed by atoms with Gasteiger partial charge in [-0.3, -0.25) is 9.69 Å². The van der Waals surface area contributed by atoms with Gasteiger partial charge in [0.15, 0.2) is 0 Å². The standard InChI is InChI=1S/C21H34N2O3/c1-15-12-16(2)19(17(3)13-15)20(21(24)25)22(4)14-18-6-8-23(9-7-18)10-11-26-5/h12-13,18,20H,6-11,14H2,1-5H3,(H,24,25). The number of benzene rings is 1. The molecule has 0 radical (unpaired) electrons. The van der Waals surface area contributed by atoms with E-state index in [1.165, 1.54) is 5.56 Å². The first-order valence-electron chi connectivity index (χ1n) is 9.55. The van der Waals surface area contributed by atoms with Gasteiger partial charge in [0.25, 0.3) is 0 Å². The zero-order chi connectivity index (χ0) is 19.3. The van der Waals surface area contributed by atoms with Gasteiger partial charge in [-0.25, -0.2) is 0 Å². The fourth-order valence-electron chi connectivity index (χ4n) is 4.28. The van der Waals surface area contributed by atoms with Crippen molar-refractivity contribution >= 4 is 5.97 Å². The van der Waals surface area contributed by atoms with Crippen molar-refractivity contribution in [2.24, 2.45) is 5.92 Å². The molecule has 1 aliphatic rings. The Hall–Kier alpha value is -1.43. The number of piperidine rings is 1. The Labute approximate surface area is 157 Å². The van der Waals surface area contributed by atoms with Gasteiger partial charge in [-0.15, -0.1) is 0 Å². The highest BCUT2D eigenvalue weighted by Gasteiger charge is 2.30. The van der Waals surface area contributed by atoms with Gasteiger partial charge >= 0.3 is 5.97 Å². The number of ether oxygens (including phenoxy) is 1. The SMILES string of the molecule is COCCN1CCC(CN(C)C(C(=O)O)c2c(C)cc(C)cc2C)CC1. The van der Waals surface area contributed by atoms with Crippen LogP contribution in [0, 0.1) is 26.7 Å². The van der Waals surface area contributed by atoms with Gasteiger partial charge in [-0.05, 0) is 76.4 Å². The summed E-state index contributed by atoms with van der Waals surface area (Å²) in [7, 11) is 3.69. The van der Waals surface area contributed by atoms with Crippen LogP contribution in [0.5, 0.6) is 0 Å². The van der Waals surface area contributed by atoms with Gasteiger partial charge in [-0.2, -0.15) is 0 Å². The van der Waals surface area contributed by atoms with Gasteiger partial charge in [0.2, 0.25) is 0 Å². The third kappa shape index (κ3) is 5.29. The van der Waals surface area contributed by atoms with Crippen LogP contribution in [-0.2, 0) is 9.53 Å². The quantitative estimate of drug-likeness (QED) is 0.770. The van der Waals surface area contributed by atoms with Crippen LogP contribution in [-0.4, -0.2) is 67.8 Å². The molecule has 0 bridgehead atoms. The van der Waals surface area contributed by atoms with E-state index >= 15 is 0 Å². The Balaban J connectivity index is 2.04. The summed E-state index contributed by atoms with van der Waals surface area (Å²) in [6.45, 7) is 10.8. The monoisotopic (exact) mass is 362 g/mol. The molecule has 1 N–H and O–H groups in total. The summed E-state index contributed by atoms with van der Waals surface area (Å²) >= 11 is 0. The predicted molar refractivity (Wildman–Crippen MR) is 105 cm³/mol. The molecule has 0 amide bonds. The Morgan fingerprint density at radius 3 is 2.35 bits per heavy atom. The maximum atomic E-state index is 12.1. The van der Waals surface area contributed by atoms with Crippen molar-refractivity contribution in [1.29, 1.82) is 0 Å². The molecule has 1 saturated heterocycles. The molecule has 26 heavy (non-hydrogen) atoms. The zero-order valence-corrected chi connectivity index (χ0v) is 16.9. The maximum absolute atomic E-state index is 12.1. The van der Waals surface area contributed by atoms with Crippen molar-refractivity contribution < 1.29 is 14.6 Å². The molecule has 0 spiro atoms. The second-order valence-corrected chi connectivity index (χ2v) is 7.77. The number of methoxy groups -OCH3 is 1. The molecule has 1 aromatic rings. The molecule has 1 aromatic carbocycles. The average Bonchev–Trinajstić information content (AvgIpc) is 2.56. The molecule has 1 unspecified atom stereocenters. The van der Waals surface area contributed by atoms with Crippen LogP contribution >= 0.6 is 0 Å². The molecule has 1 heterocycles. The molecule has 146 valence electrons. The fourth-order valence-corrected chi connectivity index (χ4v) is 4.28. The lowest BCUT2D eigenvalue weighted by Gasteiger charge is -2.36. The fraction of sp³-hybridized carbons (Fsp3) is 0.667. The summed E-state index contributed by atoms with van der Waals surface area (Å²) in [5, 5.41) is 9.92. The van der Waals surface area contributed by atoms with Crippen LogP contribution < -0.4 is 0 Å². The van der Waals surface area contributed by atoms with E-state index in [4.69, 9.17) is 4.74 Å². The van der Waals surface area contributed by atoms with Crippen molar-refractivity contribution in [2.45, 2.75) is 39.7 Å². The third-order valence-corrected chi connectivity index (χ3v) is 5.55. The molecular weight excluding hydrogens is 328 g/mol. The lowest BCUT2D eigenvalue weighted by Crippen LogP contribution is -2.41. The highest BCUT2D eigenvalue weighted by Crippen LogP contribution is 2.29. The van der Waals surface area contributed by atoms with E-state index in [0.717, 1.165) is 62.3 Å². The molecule has 1 atom stereocenters. The average molecular weight is 363 g/mol. The number of carboxylic acid groups (broad SMARTS) is 1. The summed E-state index contributed by atoms with van der Waals surface area (Å²) in [4.78, 5) is 16.5. The first-order valence-corrected chi connectivity index (χ1v) is 9.55. The summed E-state index contributed by atoms with van der Waals surface area (Å²) in [6, 6.07) is 3.59. The van der Waals surface area contributed by atoms with Crippen LogP contribution in [0.3, 0.4) is 0 Å². The minimum Gasteiger partial charge on any atom is -0.480 e. The van der Waals surface area contributed by atoms with Crippen LogP contribution in [0.1, 0.15) is 41.1 Å². The minimum absolute atomic E-state index is 0.548. The number of rotatable bonds is 8. The Kier molecular flexibility index (Phi) is 7.62. The van der Waals surface area contributed by atoms with Crippen molar-refractivity contribution in [3.8, 4) is 0 Å². The lowest BCUT2D eigenvalue weighted by molar-refractivity contribution is -0.143. The van der Waals surface area contributed by atoms with Gasteiger partial charge in [-0.1, -0.05) is 17.7 Å². The van der Waals surface area contributed by atoms with E-state index in [0.29, 0.717) is 5.92 Å². The van der Waals surface area contributed by atoms with E-state index in [9.17, 15) is 9.90 Å². The molecule has 2 rings (SSSR count). The molecule has 1 fully saturated rings. The molecule has 0 aliphatic carbocycles. The molecule has 0 saturated carbocycles. The normalized spacial score (nSPS) is 17.6. The Morgan fingerprint density at radius 2 is 1.85 bits per heavy atom. The van der Waals surface area contributed by atoms with Crippen molar-refractivity contribution in [1.82, 2.24) is 9.80 Å². The van der Waals surface area contributed by atoms with E-state index in [1.807, 2.05) is 25.8 Å². The smallest absolute Gasteiger partial charge is 0.325 e. The van der Waals surface area contributed by atoms with Crippen molar-refractivity contribution in [3.63, 3.8) is 0 Å². The first kappa shape index (κ1) is 20.9. The van der Waals surface area contributed by atoms with Crippen LogP contribution in [0.2, 0.25) is 0 Å². The van der Waals surface area contributed by atoms with E-state index in [2.05, 4.69) is 24.0 Å². The first-order chi connectivity index (χ1) is 12.3. The van der Waals surface area contributed by atoms with E-state index < -0.39 is 12.0 Å². The summed E-state index contributed by atoms with van der Waals surface area (Å²) < 4.78 is 5.16. The van der Waals surface area contributed by atoms with Gasteiger partial charge in [0.1, 0.15) is 6.04 Å². The molecule has 5 nitrogen and oxygen atoms in total. The van der Waals surface area contributed by atoms with Crippen molar-refractivity contribution in [3.05, 3.63) is 34.4 Å². The van der Waals surface area contributed by atoms with Crippen LogP contribution in [0.15, 0.2) is 12.1 Å². The number of likely N-dealkylation sites (tertiary alicyclic amines) is 1. The minimum atomic E-state index is -0.764. The predicted octanol–water partition coefficient (Wildman–Crippen LogP) is 3.03. The number of aryl methyl sites for hydroxylation is 3. The third-order valence-electron chi connectivity index (χ3n) is 5.55. The van der Waals surface area contributed by atoms with E-state index in [-0.39, 0.29) is 0 Å². The highest BCUT2D eigenvalue weighted by molar-refractivity contribution is 5.76.